The average Bonchev–Trinajstić information content (AvgIpc) is 3.64. The van der Waals surface area contributed by atoms with Gasteiger partial charge in [-0.25, -0.2) is 0 Å². The number of benzene rings is 4. The summed E-state index contributed by atoms with van der Waals surface area (Å²) >= 11 is 0. The third-order valence-corrected chi connectivity index (χ3v) is 10.3. The number of para-hydroxylation sites is 2. The topological polar surface area (TPSA) is 97.5 Å². The number of aryl methyl sites for hydroxylation is 4. The molecule has 0 saturated carbocycles. The Labute approximate surface area is 336 Å². The van der Waals surface area contributed by atoms with Crippen molar-refractivity contribution in [2.24, 2.45) is 0 Å². The van der Waals surface area contributed by atoms with Crippen molar-refractivity contribution in [1.82, 2.24) is 20.6 Å². The summed E-state index contributed by atoms with van der Waals surface area (Å²) in [6.45, 7) is 10.1. The van der Waals surface area contributed by atoms with Crippen LogP contribution in [0.4, 0.5) is 0 Å². The molecule has 0 atom stereocenters. The van der Waals surface area contributed by atoms with Gasteiger partial charge in [-0.3, -0.25) is 9.59 Å². The lowest BCUT2D eigenvalue weighted by atomic mass is 10.1. The molecule has 4 heterocycles. The van der Waals surface area contributed by atoms with Crippen molar-refractivity contribution < 1.29 is 66.7 Å². The predicted molar refractivity (Wildman–Crippen MR) is 201 cm³/mol. The Balaban J connectivity index is 0.00000232. The van der Waals surface area contributed by atoms with Crippen LogP contribution in [-0.2, 0) is 22.7 Å². The van der Waals surface area contributed by atoms with Crippen molar-refractivity contribution in [2.75, 3.05) is 13.1 Å². The number of unbranched alkanes of at least 4 members (excludes halogenated alkanes) is 1. The number of nitrogens with one attached hydrogen (secondary N) is 4. The maximum Gasteiger partial charge on any atom is 0.286 e. The number of pyridine rings is 2. The Bertz CT molecular complexity index is 2480. The number of amides is 2. The van der Waals surface area contributed by atoms with E-state index in [4.69, 9.17) is 0 Å². The number of hydrogen-bond acceptors (Lipinski definition) is 2. The van der Waals surface area contributed by atoms with Gasteiger partial charge in [-0.2, -0.15) is 9.13 Å². The fraction of sp³-hybridized carbons (Fsp3) is 0.238. The van der Waals surface area contributed by atoms with E-state index in [1.807, 2.05) is 33.4 Å². The van der Waals surface area contributed by atoms with E-state index in [-0.39, 0.29) is 72.9 Å². The van der Waals surface area contributed by atoms with E-state index >= 15 is 0 Å². The molecule has 0 unspecified atom stereocenters. The number of hydrogen-bond donors (Lipinski definition) is 4. The molecule has 8 nitrogen and oxygen atoms in total. The molecule has 8 rings (SSSR count). The minimum atomic E-state index is -0.0308. The summed E-state index contributed by atoms with van der Waals surface area (Å²) in [5, 5.41) is 12.9. The summed E-state index contributed by atoms with van der Waals surface area (Å²) in [4.78, 5) is 33.5. The SMILES string of the molecule is Cc1cc2[nH]c3c(c[n+](CC(=O)NCCCCNC(=O)C[n+]4cc5c6cc(C)c(C)cc6[nH]c5c5ccccc54)c4ccccc34)c2cc1C.[I-].[I-]. The zero-order chi connectivity index (χ0) is 34.5. The molecule has 0 fully saturated rings. The summed E-state index contributed by atoms with van der Waals surface area (Å²) < 4.78 is 4.10. The summed E-state index contributed by atoms with van der Waals surface area (Å²) in [5.74, 6) is -0.0616. The summed E-state index contributed by atoms with van der Waals surface area (Å²) in [6, 6.07) is 25.3. The fourth-order valence-corrected chi connectivity index (χ4v) is 7.36. The Kier molecular flexibility index (Phi) is 11.1. The molecule has 4 N–H and O–H groups in total. The van der Waals surface area contributed by atoms with Gasteiger partial charge in [0.2, 0.25) is 24.1 Å². The molecule has 8 aromatic rings. The molecule has 4 aromatic heterocycles. The van der Waals surface area contributed by atoms with Crippen LogP contribution in [0.15, 0.2) is 85.2 Å². The first-order valence-electron chi connectivity index (χ1n) is 17.5. The van der Waals surface area contributed by atoms with Crippen LogP contribution in [0.25, 0.3) is 65.4 Å². The molecule has 2 amide bonds. The van der Waals surface area contributed by atoms with Crippen LogP contribution in [0.3, 0.4) is 0 Å². The lowest BCUT2D eigenvalue weighted by Crippen LogP contribution is -3.00. The Morgan fingerprint density at radius 1 is 0.538 bits per heavy atom. The van der Waals surface area contributed by atoms with Gasteiger partial charge in [0.05, 0.1) is 32.6 Å². The number of aromatic amines is 2. The largest absolute Gasteiger partial charge is 1.00 e. The molecule has 0 saturated heterocycles. The molecule has 10 heteroatoms. The lowest BCUT2D eigenvalue weighted by Gasteiger charge is -2.07. The van der Waals surface area contributed by atoms with E-state index in [2.05, 4.69) is 109 Å². The highest BCUT2D eigenvalue weighted by molar-refractivity contribution is 6.16. The minimum Gasteiger partial charge on any atom is -1.00 e. The summed E-state index contributed by atoms with van der Waals surface area (Å²) in [7, 11) is 0. The summed E-state index contributed by atoms with van der Waals surface area (Å²) in [5.41, 5.74) is 11.4. The van der Waals surface area contributed by atoms with Gasteiger partial charge >= 0.3 is 0 Å². The maximum absolute atomic E-state index is 13.1. The Morgan fingerprint density at radius 2 is 0.923 bits per heavy atom. The highest BCUT2D eigenvalue weighted by atomic mass is 127. The second-order valence-corrected chi connectivity index (χ2v) is 13.7. The molecule has 0 radical (unpaired) electrons. The monoisotopic (exact) mass is 916 g/mol. The van der Waals surface area contributed by atoms with E-state index < -0.39 is 0 Å². The van der Waals surface area contributed by atoms with Gasteiger partial charge < -0.3 is 68.6 Å². The van der Waals surface area contributed by atoms with E-state index in [0.717, 1.165) is 67.5 Å². The second-order valence-electron chi connectivity index (χ2n) is 13.7. The molecular formula is C42H42I2N6O2. The number of aromatic nitrogens is 4. The maximum atomic E-state index is 13.1. The van der Waals surface area contributed by atoms with Crippen LogP contribution in [0.5, 0.6) is 0 Å². The number of carbonyl (C=O) groups excluding carboxylic acids is 2. The van der Waals surface area contributed by atoms with E-state index in [1.54, 1.807) is 0 Å². The van der Waals surface area contributed by atoms with Gasteiger partial charge in [0.1, 0.15) is 0 Å². The number of H-pyrrole nitrogens is 2. The van der Waals surface area contributed by atoms with Crippen LogP contribution >= 0.6 is 0 Å². The van der Waals surface area contributed by atoms with Crippen molar-refractivity contribution >= 4 is 77.2 Å². The normalized spacial score (nSPS) is 11.4. The third kappa shape index (κ3) is 6.94. The highest BCUT2D eigenvalue weighted by Crippen LogP contribution is 2.32. The highest BCUT2D eigenvalue weighted by Gasteiger charge is 2.21. The Hall–Kier alpha value is -4.30. The second kappa shape index (κ2) is 15.4. The molecule has 52 heavy (non-hydrogen) atoms. The zero-order valence-corrected chi connectivity index (χ0v) is 34.1. The average molecular weight is 917 g/mol. The van der Waals surface area contributed by atoms with Crippen LogP contribution in [0, 0.1) is 27.7 Å². The van der Waals surface area contributed by atoms with Crippen LogP contribution < -0.4 is 67.7 Å². The molecule has 4 aromatic carbocycles. The minimum absolute atomic E-state index is 0. The standard InChI is InChI=1S/C42H40N6O2.2HI/c1-25-17-31-33-21-47(37-13-7-5-11-29(37)41(33)45-35(31)19-27(25)3)23-39(49)43-15-9-10-16-44-40(50)24-48-22-34-32-18-26(2)28(4)20-36(32)46-42(34)30-12-6-8-14-38(30)48;;/h5-8,11-14,17-22H,9-10,15-16,23-24H2,1-4H3,(H2,43,44,49,50);2*1H. The first-order valence-corrected chi connectivity index (χ1v) is 17.5. The summed E-state index contributed by atoms with van der Waals surface area (Å²) in [6.07, 6.45) is 5.74. The third-order valence-electron chi connectivity index (χ3n) is 10.3. The van der Waals surface area contributed by atoms with Gasteiger partial charge in [0, 0.05) is 47.0 Å². The molecule has 0 aliphatic carbocycles. The molecule has 266 valence electrons. The van der Waals surface area contributed by atoms with E-state index in [0.29, 0.717) is 13.1 Å². The van der Waals surface area contributed by atoms with Crippen LogP contribution in [0.2, 0.25) is 0 Å². The first kappa shape index (κ1) is 37.5. The van der Waals surface area contributed by atoms with Crippen molar-refractivity contribution in [2.45, 2.75) is 53.6 Å². The number of fused-ring (bicyclic) bond motifs is 10. The smallest absolute Gasteiger partial charge is 0.286 e. The van der Waals surface area contributed by atoms with Crippen molar-refractivity contribution in [3.8, 4) is 0 Å². The molecule has 0 spiro atoms. The number of carbonyl (C=O) groups is 2. The fourth-order valence-electron chi connectivity index (χ4n) is 7.36. The van der Waals surface area contributed by atoms with E-state index in [1.165, 1.54) is 33.0 Å². The van der Waals surface area contributed by atoms with Gasteiger partial charge in [-0.1, -0.05) is 24.3 Å². The van der Waals surface area contributed by atoms with Gasteiger partial charge in [-0.15, -0.1) is 0 Å². The molecule has 0 aliphatic rings. The van der Waals surface area contributed by atoms with Crippen molar-refractivity contribution in [3.05, 3.63) is 107 Å². The van der Waals surface area contributed by atoms with Crippen molar-refractivity contribution in [1.29, 1.82) is 0 Å². The molecule has 0 aliphatic heterocycles. The Morgan fingerprint density at radius 3 is 1.35 bits per heavy atom. The predicted octanol–water partition coefficient (Wildman–Crippen LogP) is 0.791. The number of halogens is 2. The van der Waals surface area contributed by atoms with Crippen LogP contribution in [0.1, 0.15) is 35.1 Å². The van der Waals surface area contributed by atoms with Crippen LogP contribution in [-0.4, -0.2) is 34.9 Å². The molecule has 0 bridgehead atoms. The number of nitrogens with zero attached hydrogens (tertiary/aromatic N) is 2. The zero-order valence-electron chi connectivity index (χ0n) is 29.8. The van der Waals surface area contributed by atoms with Gasteiger partial charge in [0.15, 0.2) is 12.4 Å². The van der Waals surface area contributed by atoms with E-state index in [9.17, 15) is 9.59 Å². The first-order chi connectivity index (χ1) is 24.2. The number of rotatable bonds is 9. The van der Waals surface area contributed by atoms with Crippen molar-refractivity contribution in [3.63, 3.8) is 0 Å². The lowest BCUT2D eigenvalue weighted by molar-refractivity contribution is -0.657. The van der Waals surface area contributed by atoms with Gasteiger partial charge in [-0.05, 0) is 99.2 Å². The molecular weight excluding hydrogens is 874 g/mol. The quantitative estimate of drug-likeness (QED) is 0.0981. The van der Waals surface area contributed by atoms with Gasteiger partial charge in [0.25, 0.3) is 11.8 Å².